The Labute approximate surface area is 215 Å². The van der Waals surface area contributed by atoms with Gasteiger partial charge in [0.05, 0.1) is 12.1 Å². The first-order valence-corrected chi connectivity index (χ1v) is 12.7. The Kier molecular flexibility index (Phi) is 9.28. The fourth-order valence-electron chi connectivity index (χ4n) is 4.69. The van der Waals surface area contributed by atoms with Crippen LogP contribution in [-0.4, -0.2) is 80.6 Å². The number of carbonyl (C=O) groups excluding carboxylic acids is 3. The molecule has 202 valence electrons. The highest BCUT2D eigenvalue weighted by atomic mass is 16.4. The molecule has 0 aliphatic carbocycles. The second-order valence-corrected chi connectivity index (χ2v) is 9.80. The first-order chi connectivity index (χ1) is 17.5. The summed E-state index contributed by atoms with van der Waals surface area (Å²) in [6, 6.07) is 3.32. The number of aliphatic hydroxyl groups excluding tert-OH is 1. The van der Waals surface area contributed by atoms with Crippen LogP contribution in [0.5, 0.6) is 0 Å². The van der Waals surface area contributed by atoms with Crippen molar-refractivity contribution in [3.63, 3.8) is 0 Å². The van der Waals surface area contributed by atoms with Crippen molar-refractivity contribution in [1.82, 2.24) is 20.5 Å². The number of likely N-dealkylation sites (tertiary alicyclic amines) is 1. The van der Waals surface area contributed by atoms with Crippen LogP contribution in [0.3, 0.4) is 0 Å². The Hall–Kier alpha value is -3.44. The number of H-pyrrole nitrogens is 1. The van der Waals surface area contributed by atoms with Gasteiger partial charge in [-0.1, -0.05) is 38.5 Å². The molecule has 6 atom stereocenters. The Morgan fingerprint density at radius 3 is 2.46 bits per heavy atom. The normalized spacial score (nSPS) is 19.6. The third kappa shape index (κ3) is 6.47. The van der Waals surface area contributed by atoms with Gasteiger partial charge in [-0.2, -0.15) is 0 Å². The molecule has 6 unspecified atom stereocenters. The van der Waals surface area contributed by atoms with Crippen LogP contribution >= 0.6 is 0 Å². The van der Waals surface area contributed by atoms with Crippen LogP contribution in [0.2, 0.25) is 0 Å². The van der Waals surface area contributed by atoms with Gasteiger partial charge in [0, 0.05) is 23.6 Å². The second-order valence-electron chi connectivity index (χ2n) is 9.80. The third-order valence-corrected chi connectivity index (χ3v) is 7.11. The fraction of sp³-hybridized carbons (Fsp3) is 0.538. The van der Waals surface area contributed by atoms with Gasteiger partial charge >= 0.3 is 5.97 Å². The first kappa shape index (κ1) is 28.1. The smallest absolute Gasteiger partial charge is 0.326 e. The number of aromatic amines is 1. The molecule has 0 bridgehead atoms. The van der Waals surface area contributed by atoms with Crippen molar-refractivity contribution < 1.29 is 29.4 Å². The summed E-state index contributed by atoms with van der Waals surface area (Å²) in [6.07, 6.45) is 2.18. The number of fused-ring (bicyclic) bond motifs is 1. The molecule has 0 saturated carbocycles. The predicted octanol–water partition coefficient (Wildman–Crippen LogP) is 0.510. The minimum Gasteiger partial charge on any atom is -0.480 e. The summed E-state index contributed by atoms with van der Waals surface area (Å²) in [5.41, 5.74) is 7.89. The van der Waals surface area contributed by atoms with Crippen molar-refractivity contribution in [2.45, 2.75) is 76.7 Å². The molecule has 3 rings (SSSR count). The molecule has 2 heterocycles. The minimum atomic E-state index is -1.35. The summed E-state index contributed by atoms with van der Waals surface area (Å²) < 4.78 is 0. The molecule has 11 heteroatoms. The number of carbonyl (C=O) groups is 4. The number of nitrogens with one attached hydrogen (secondary N) is 3. The zero-order valence-electron chi connectivity index (χ0n) is 21.4. The maximum Gasteiger partial charge on any atom is 0.326 e. The van der Waals surface area contributed by atoms with Crippen LogP contribution in [0, 0.1) is 5.92 Å². The number of amides is 3. The molecule has 1 saturated heterocycles. The van der Waals surface area contributed by atoms with Crippen LogP contribution < -0.4 is 16.4 Å². The average molecular weight is 516 g/mol. The Balaban J connectivity index is 1.70. The summed E-state index contributed by atoms with van der Waals surface area (Å²) in [4.78, 5) is 55.3. The number of nitrogens with two attached hydrogens (primary N) is 1. The Bertz CT molecular complexity index is 1130. The van der Waals surface area contributed by atoms with Crippen molar-refractivity contribution in [3.8, 4) is 0 Å². The molecular weight excluding hydrogens is 478 g/mol. The maximum atomic E-state index is 13.3. The SMILES string of the molecule is CCC(C)C(NC(=O)C(NC(=O)C(N)Cc1c[nH]c2ccccc12)C(C)O)C(=O)N1CCCC1C(=O)O. The van der Waals surface area contributed by atoms with E-state index < -0.39 is 54.0 Å². The van der Waals surface area contributed by atoms with Gasteiger partial charge in [-0.3, -0.25) is 14.4 Å². The number of nitrogens with zero attached hydrogens (tertiary/aromatic N) is 1. The van der Waals surface area contributed by atoms with Crippen LogP contribution in [0.1, 0.15) is 45.6 Å². The lowest BCUT2D eigenvalue weighted by atomic mass is 9.96. The van der Waals surface area contributed by atoms with E-state index in [1.165, 1.54) is 11.8 Å². The molecule has 0 radical (unpaired) electrons. The lowest BCUT2D eigenvalue weighted by molar-refractivity contribution is -0.150. The molecular formula is C26H37N5O6. The van der Waals surface area contributed by atoms with Gasteiger partial charge in [-0.05, 0) is 43.7 Å². The van der Waals surface area contributed by atoms with Crippen molar-refractivity contribution in [2.24, 2.45) is 11.7 Å². The maximum absolute atomic E-state index is 13.3. The number of aliphatic hydroxyl groups is 1. The van der Waals surface area contributed by atoms with Crippen molar-refractivity contribution >= 4 is 34.6 Å². The third-order valence-electron chi connectivity index (χ3n) is 7.11. The largest absolute Gasteiger partial charge is 0.480 e. The number of hydrogen-bond acceptors (Lipinski definition) is 6. The lowest BCUT2D eigenvalue weighted by Crippen LogP contribution is -2.61. The number of para-hydroxylation sites is 1. The zero-order valence-corrected chi connectivity index (χ0v) is 21.4. The number of benzene rings is 1. The van der Waals surface area contributed by atoms with E-state index in [4.69, 9.17) is 5.73 Å². The van der Waals surface area contributed by atoms with Crippen molar-refractivity contribution in [3.05, 3.63) is 36.0 Å². The summed E-state index contributed by atoms with van der Waals surface area (Å²) in [7, 11) is 0. The van der Waals surface area contributed by atoms with Crippen LogP contribution in [0.25, 0.3) is 10.9 Å². The highest BCUT2D eigenvalue weighted by Crippen LogP contribution is 2.22. The molecule has 1 fully saturated rings. The highest BCUT2D eigenvalue weighted by Gasteiger charge is 2.40. The van der Waals surface area contributed by atoms with E-state index >= 15 is 0 Å². The van der Waals surface area contributed by atoms with E-state index in [0.29, 0.717) is 19.3 Å². The fourth-order valence-corrected chi connectivity index (χ4v) is 4.69. The minimum absolute atomic E-state index is 0.212. The number of carboxylic acids is 1. The molecule has 1 aliphatic heterocycles. The highest BCUT2D eigenvalue weighted by molar-refractivity contribution is 5.95. The molecule has 1 aromatic carbocycles. The molecule has 3 amide bonds. The number of aliphatic carboxylic acids is 1. The summed E-state index contributed by atoms with van der Waals surface area (Å²) in [6.45, 7) is 5.28. The summed E-state index contributed by atoms with van der Waals surface area (Å²) in [5, 5.41) is 25.9. The number of hydrogen-bond donors (Lipinski definition) is 6. The number of carboxylic acid groups (broad SMARTS) is 1. The molecule has 37 heavy (non-hydrogen) atoms. The average Bonchev–Trinajstić information content (AvgIpc) is 3.52. The number of rotatable bonds is 11. The van der Waals surface area contributed by atoms with Crippen molar-refractivity contribution in [1.29, 1.82) is 0 Å². The number of aromatic nitrogens is 1. The van der Waals surface area contributed by atoms with Crippen LogP contribution in [0.15, 0.2) is 30.5 Å². The lowest BCUT2D eigenvalue weighted by Gasteiger charge is -2.32. The zero-order chi connectivity index (χ0) is 27.3. The van der Waals surface area contributed by atoms with E-state index in [-0.39, 0.29) is 18.9 Å². The van der Waals surface area contributed by atoms with Crippen LogP contribution in [-0.2, 0) is 25.6 Å². The molecule has 11 nitrogen and oxygen atoms in total. The summed E-state index contributed by atoms with van der Waals surface area (Å²) in [5.74, 6) is -3.24. The molecule has 1 aromatic heterocycles. The Morgan fingerprint density at radius 2 is 1.81 bits per heavy atom. The standard InChI is InChI=1S/C26H37N5O6/c1-4-14(2)21(25(35)31-11-7-10-20(31)26(36)37)29-24(34)22(15(3)32)30-23(33)18(27)12-16-13-28-19-9-6-5-8-17(16)19/h5-6,8-9,13-15,18,20-22,28,32H,4,7,10-12,27H2,1-3H3,(H,29,34)(H,30,33)(H,36,37). The first-order valence-electron chi connectivity index (χ1n) is 12.7. The second kappa shape index (κ2) is 12.2. The van der Waals surface area contributed by atoms with Gasteiger partial charge in [0.1, 0.15) is 18.1 Å². The molecule has 0 spiro atoms. The van der Waals surface area contributed by atoms with E-state index in [2.05, 4.69) is 15.6 Å². The van der Waals surface area contributed by atoms with Gasteiger partial charge in [0.25, 0.3) is 0 Å². The van der Waals surface area contributed by atoms with E-state index in [0.717, 1.165) is 16.5 Å². The molecule has 7 N–H and O–H groups in total. The predicted molar refractivity (Wildman–Crippen MR) is 137 cm³/mol. The van der Waals surface area contributed by atoms with Gasteiger partial charge in [0.2, 0.25) is 17.7 Å². The molecule has 2 aromatic rings. The van der Waals surface area contributed by atoms with Gasteiger partial charge in [-0.25, -0.2) is 4.79 Å². The monoisotopic (exact) mass is 515 g/mol. The summed E-state index contributed by atoms with van der Waals surface area (Å²) >= 11 is 0. The van der Waals surface area contributed by atoms with Crippen LogP contribution in [0.4, 0.5) is 0 Å². The van der Waals surface area contributed by atoms with Gasteiger partial charge in [-0.15, -0.1) is 0 Å². The van der Waals surface area contributed by atoms with E-state index in [9.17, 15) is 29.4 Å². The van der Waals surface area contributed by atoms with Gasteiger partial charge in [0.15, 0.2) is 0 Å². The van der Waals surface area contributed by atoms with Gasteiger partial charge < -0.3 is 36.5 Å². The van der Waals surface area contributed by atoms with Crippen molar-refractivity contribution in [2.75, 3.05) is 6.54 Å². The molecule has 1 aliphatic rings. The van der Waals surface area contributed by atoms with E-state index in [1.807, 2.05) is 31.2 Å². The Morgan fingerprint density at radius 1 is 1.14 bits per heavy atom. The van der Waals surface area contributed by atoms with E-state index in [1.54, 1.807) is 13.1 Å². The quantitative estimate of drug-likeness (QED) is 0.252. The topological polar surface area (TPSA) is 178 Å².